The van der Waals surface area contributed by atoms with Crippen LogP contribution in [0.4, 0.5) is 0 Å². The van der Waals surface area contributed by atoms with Crippen LogP contribution in [0.1, 0.15) is 33.4 Å². The van der Waals surface area contributed by atoms with E-state index in [1.165, 1.54) is 46.8 Å². The number of carbonyl (C=O) groups excluding carboxylic acids is 2. The van der Waals surface area contributed by atoms with Crippen molar-refractivity contribution in [3.8, 4) is 0 Å². The standard InChI is InChI=1S/C24H20Cl2N2O7S/c1-36-19-11-28(24(32)27-21(19)29)20-10-17(35-23(31)14-4-8-16(26)9-5-14)18(34-20)12-33-22(30)13-2-6-15(25)7-3-13/h2-9,11,17-18,20H,10,12H2,1H3,(H,27,29,32)/t17-,18+,20-/m0/s1. The van der Waals surface area contributed by atoms with Crippen LogP contribution in [0.2, 0.25) is 10.0 Å². The average Bonchev–Trinajstić information content (AvgIpc) is 3.25. The summed E-state index contributed by atoms with van der Waals surface area (Å²) in [5.41, 5.74) is -0.638. The van der Waals surface area contributed by atoms with E-state index in [-0.39, 0.29) is 24.2 Å². The minimum Gasteiger partial charge on any atom is -0.459 e. The number of aromatic amines is 1. The maximum absolute atomic E-state index is 12.7. The number of ether oxygens (including phenoxy) is 3. The van der Waals surface area contributed by atoms with E-state index in [1.807, 2.05) is 0 Å². The topological polar surface area (TPSA) is 117 Å². The molecule has 12 heteroatoms. The van der Waals surface area contributed by atoms with Gasteiger partial charge in [-0.3, -0.25) is 14.3 Å². The molecular formula is C24H20Cl2N2O7S. The summed E-state index contributed by atoms with van der Waals surface area (Å²) >= 11 is 12.9. The monoisotopic (exact) mass is 550 g/mol. The van der Waals surface area contributed by atoms with E-state index < -0.39 is 41.6 Å². The van der Waals surface area contributed by atoms with Crippen LogP contribution in [0.15, 0.2) is 69.2 Å². The molecule has 0 unspecified atom stereocenters. The van der Waals surface area contributed by atoms with Crippen molar-refractivity contribution in [2.45, 2.75) is 29.8 Å². The number of halogens is 2. The molecule has 1 saturated heterocycles. The maximum Gasteiger partial charge on any atom is 0.338 e. The number of rotatable bonds is 7. The zero-order chi connectivity index (χ0) is 25.8. The van der Waals surface area contributed by atoms with Gasteiger partial charge in [0.15, 0.2) is 0 Å². The molecule has 2 heterocycles. The van der Waals surface area contributed by atoms with Crippen molar-refractivity contribution in [3.63, 3.8) is 0 Å². The van der Waals surface area contributed by atoms with Crippen molar-refractivity contribution >= 4 is 46.9 Å². The molecule has 1 aromatic heterocycles. The Labute approximate surface area is 219 Å². The average molecular weight is 551 g/mol. The molecule has 3 atom stereocenters. The minimum absolute atomic E-state index is 0.0856. The molecule has 1 fully saturated rings. The summed E-state index contributed by atoms with van der Waals surface area (Å²) < 4.78 is 18.3. The second-order valence-electron chi connectivity index (χ2n) is 7.78. The normalized spacial score (nSPS) is 19.1. The van der Waals surface area contributed by atoms with Crippen molar-refractivity contribution in [2.24, 2.45) is 0 Å². The van der Waals surface area contributed by atoms with E-state index in [0.717, 1.165) is 0 Å². The fraction of sp³-hybridized carbons (Fsp3) is 0.250. The zero-order valence-electron chi connectivity index (χ0n) is 18.8. The van der Waals surface area contributed by atoms with E-state index in [1.54, 1.807) is 30.5 Å². The highest BCUT2D eigenvalue weighted by Gasteiger charge is 2.40. The first-order valence-corrected chi connectivity index (χ1v) is 12.7. The number of aromatic nitrogens is 2. The van der Waals surface area contributed by atoms with Gasteiger partial charge in [-0.05, 0) is 54.8 Å². The van der Waals surface area contributed by atoms with Gasteiger partial charge in [0, 0.05) is 22.7 Å². The number of hydrogen-bond acceptors (Lipinski definition) is 8. The SMILES string of the molecule is CSc1cn([C@@H]2C[C@H](OC(=O)c3ccc(Cl)cc3)[C@@H](COC(=O)c3ccc(Cl)cc3)O2)c(=O)[nH]c1=O. The Balaban J connectivity index is 1.54. The van der Waals surface area contributed by atoms with Crippen molar-refractivity contribution < 1.29 is 23.8 Å². The number of nitrogens with zero attached hydrogens (tertiary/aromatic N) is 1. The summed E-state index contributed by atoms with van der Waals surface area (Å²) in [5, 5.41) is 0.934. The first kappa shape index (κ1) is 26.0. The van der Waals surface area contributed by atoms with Crippen LogP contribution in [0.5, 0.6) is 0 Å². The Hall–Kier alpha value is -3.05. The van der Waals surface area contributed by atoms with Gasteiger partial charge in [0.05, 0.1) is 16.0 Å². The summed E-state index contributed by atoms with van der Waals surface area (Å²) in [7, 11) is 0. The van der Waals surface area contributed by atoms with Crippen molar-refractivity contribution in [2.75, 3.05) is 12.9 Å². The van der Waals surface area contributed by atoms with Gasteiger partial charge in [-0.2, -0.15) is 0 Å². The second kappa shape index (κ2) is 11.3. The van der Waals surface area contributed by atoms with Crippen LogP contribution in [-0.4, -0.2) is 46.6 Å². The predicted molar refractivity (Wildman–Crippen MR) is 134 cm³/mol. The molecule has 2 aromatic carbocycles. The Morgan fingerprint density at radius 1 is 1.03 bits per heavy atom. The Kier molecular flexibility index (Phi) is 8.20. The largest absolute Gasteiger partial charge is 0.459 e. The Morgan fingerprint density at radius 3 is 2.19 bits per heavy atom. The quantitative estimate of drug-likeness (QED) is 0.347. The van der Waals surface area contributed by atoms with Gasteiger partial charge in [-0.25, -0.2) is 14.4 Å². The third-order valence-corrected chi connectivity index (χ3v) is 6.68. The molecular weight excluding hydrogens is 531 g/mol. The molecule has 0 amide bonds. The molecule has 1 aliphatic heterocycles. The van der Waals surface area contributed by atoms with E-state index in [9.17, 15) is 19.2 Å². The van der Waals surface area contributed by atoms with E-state index >= 15 is 0 Å². The van der Waals surface area contributed by atoms with Gasteiger partial charge in [0.2, 0.25) is 0 Å². The molecule has 4 rings (SSSR count). The smallest absolute Gasteiger partial charge is 0.338 e. The Bertz CT molecular complexity index is 1370. The fourth-order valence-corrected chi connectivity index (χ4v) is 4.30. The van der Waals surface area contributed by atoms with Gasteiger partial charge < -0.3 is 14.2 Å². The summed E-state index contributed by atoms with van der Waals surface area (Å²) in [4.78, 5) is 52.2. The van der Waals surface area contributed by atoms with Crippen LogP contribution >= 0.6 is 35.0 Å². The first-order chi connectivity index (χ1) is 17.2. The highest BCUT2D eigenvalue weighted by atomic mass is 35.5. The number of esters is 2. The third kappa shape index (κ3) is 6.01. The van der Waals surface area contributed by atoms with E-state index in [0.29, 0.717) is 14.9 Å². The highest BCUT2D eigenvalue weighted by Crippen LogP contribution is 2.31. The molecule has 0 radical (unpaired) electrons. The molecule has 0 aliphatic carbocycles. The lowest BCUT2D eigenvalue weighted by atomic mass is 10.1. The van der Waals surface area contributed by atoms with Gasteiger partial charge in [-0.15, -0.1) is 11.8 Å². The highest BCUT2D eigenvalue weighted by molar-refractivity contribution is 7.98. The molecule has 1 N–H and O–H groups in total. The lowest BCUT2D eigenvalue weighted by Crippen LogP contribution is -2.33. The summed E-state index contributed by atoms with van der Waals surface area (Å²) in [5.74, 6) is -1.25. The minimum atomic E-state index is -0.876. The molecule has 1 aliphatic rings. The number of thioether (sulfide) groups is 1. The van der Waals surface area contributed by atoms with E-state index in [2.05, 4.69) is 4.98 Å². The summed E-state index contributed by atoms with van der Waals surface area (Å²) in [6.07, 6.45) is 0.568. The number of hydrogen-bond donors (Lipinski definition) is 1. The van der Waals surface area contributed by atoms with Gasteiger partial charge in [0.1, 0.15) is 25.0 Å². The number of carbonyl (C=O) groups is 2. The van der Waals surface area contributed by atoms with Crippen LogP contribution in [0.25, 0.3) is 0 Å². The van der Waals surface area contributed by atoms with Crippen LogP contribution < -0.4 is 11.2 Å². The van der Waals surface area contributed by atoms with E-state index in [4.69, 9.17) is 37.4 Å². The molecule has 36 heavy (non-hydrogen) atoms. The maximum atomic E-state index is 12.7. The molecule has 0 bridgehead atoms. The fourth-order valence-electron chi connectivity index (χ4n) is 3.59. The Morgan fingerprint density at radius 2 is 1.61 bits per heavy atom. The van der Waals surface area contributed by atoms with Crippen molar-refractivity contribution in [1.82, 2.24) is 9.55 Å². The van der Waals surface area contributed by atoms with Crippen molar-refractivity contribution in [3.05, 3.63) is 96.7 Å². The van der Waals surface area contributed by atoms with Crippen LogP contribution in [-0.2, 0) is 14.2 Å². The second-order valence-corrected chi connectivity index (χ2v) is 9.51. The molecule has 188 valence electrons. The predicted octanol–water partition coefficient (Wildman–Crippen LogP) is 3.94. The third-order valence-electron chi connectivity index (χ3n) is 5.44. The first-order valence-electron chi connectivity index (χ1n) is 10.7. The molecule has 0 saturated carbocycles. The molecule has 9 nitrogen and oxygen atoms in total. The number of benzene rings is 2. The zero-order valence-corrected chi connectivity index (χ0v) is 21.1. The van der Waals surface area contributed by atoms with Gasteiger partial charge in [-0.1, -0.05) is 23.2 Å². The lowest BCUT2D eigenvalue weighted by Gasteiger charge is -2.19. The number of nitrogens with one attached hydrogen (secondary N) is 1. The molecule has 3 aromatic rings. The number of H-pyrrole nitrogens is 1. The van der Waals surface area contributed by atoms with Crippen molar-refractivity contribution in [1.29, 1.82) is 0 Å². The molecule has 0 spiro atoms. The van der Waals surface area contributed by atoms with Crippen LogP contribution in [0.3, 0.4) is 0 Å². The summed E-state index contributed by atoms with van der Waals surface area (Å²) in [6, 6.07) is 12.3. The lowest BCUT2D eigenvalue weighted by molar-refractivity contribution is -0.0584. The van der Waals surface area contributed by atoms with Gasteiger partial charge >= 0.3 is 17.6 Å². The summed E-state index contributed by atoms with van der Waals surface area (Å²) in [6.45, 7) is -0.246. The van der Waals surface area contributed by atoms with Gasteiger partial charge in [0.25, 0.3) is 5.56 Å². The van der Waals surface area contributed by atoms with Crippen LogP contribution in [0, 0.1) is 0 Å².